The molecule has 2 aromatic carbocycles. The number of methoxy groups -OCH3 is 1. The molecule has 0 spiro atoms. The predicted molar refractivity (Wildman–Crippen MR) is 86.6 cm³/mol. The van der Waals surface area contributed by atoms with Crippen molar-refractivity contribution >= 4 is 46.5 Å². The molecular formula is C15H12Cl3NO2. The number of rotatable bonds is 4. The molecule has 0 heterocycles. The van der Waals surface area contributed by atoms with Crippen LogP contribution in [-0.2, 0) is 11.3 Å². The molecule has 0 aromatic heterocycles. The molecule has 0 saturated heterocycles. The average Bonchev–Trinajstić information content (AvgIpc) is 2.49. The molecule has 2 rings (SSSR count). The highest BCUT2D eigenvalue weighted by atomic mass is 35.5. The van der Waals surface area contributed by atoms with Crippen LogP contribution in [0.15, 0.2) is 36.4 Å². The highest BCUT2D eigenvalue weighted by Gasteiger charge is 2.09. The first-order valence-corrected chi connectivity index (χ1v) is 7.20. The first-order chi connectivity index (χ1) is 10.0. The zero-order valence-corrected chi connectivity index (χ0v) is 13.4. The van der Waals surface area contributed by atoms with E-state index >= 15 is 0 Å². The summed E-state index contributed by atoms with van der Waals surface area (Å²) >= 11 is 17.9. The van der Waals surface area contributed by atoms with Crippen molar-refractivity contribution in [3.8, 4) is 0 Å². The zero-order chi connectivity index (χ0) is 15.4. The topological polar surface area (TPSA) is 38.3 Å². The van der Waals surface area contributed by atoms with Crippen molar-refractivity contribution in [1.82, 2.24) is 0 Å². The van der Waals surface area contributed by atoms with Crippen molar-refractivity contribution < 1.29 is 9.53 Å². The van der Waals surface area contributed by atoms with E-state index in [-0.39, 0.29) is 0 Å². The van der Waals surface area contributed by atoms with Crippen molar-refractivity contribution in [2.45, 2.75) is 6.54 Å². The van der Waals surface area contributed by atoms with Gasteiger partial charge >= 0.3 is 5.97 Å². The summed E-state index contributed by atoms with van der Waals surface area (Å²) in [6.07, 6.45) is 0. The lowest BCUT2D eigenvalue weighted by molar-refractivity contribution is 0.0601. The van der Waals surface area contributed by atoms with E-state index in [0.29, 0.717) is 32.9 Å². The Morgan fingerprint density at radius 3 is 2.43 bits per heavy atom. The van der Waals surface area contributed by atoms with Crippen LogP contribution in [0, 0.1) is 0 Å². The van der Waals surface area contributed by atoms with Crippen molar-refractivity contribution in [3.63, 3.8) is 0 Å². The molecule has 1 N–H and O–H groups in total. The van der Waals surface area contributed by atoms with Gasteiger partial charge in [-0.1, -0.05) is 40.9 Å². The Morgan fingerprint density at radius 2 is 1.76 bits per heavy atom. The minimum atomic E-state index is -0.413. The summed E-state index contributed by atoms with van der Waals surface area (Å²) in [5.74, 6) is -0.413. The number of hydrogen-bond acceptors (Lipinski definition) is 3. The fourth-order valence-corrected chi connectivity index (χ4v) is 2.26. The van der Waals surface area contributed by atoms with Gasteiger partial charge in [0.15, 0.2) is 0 Å². The third kappa shape index (κ3) is 4.03. The molecule has 0 bridgehead atoms. The average molecular weight is 345 g/mol. The largest absolute Gasteiger partial charge is 0.465 e. The van der Waals surface area contributed by atoms with Crippen molar-refractivity contribution in [3.05, 3.63) is 62.6 Å². The van der Waals surface area contributed by atoms with Crippen LogP contribution in [-0.4, -0.2) is 13.1 Å². The quantitative estimate of drug-likeness (QED) is 0.789. The number of esters is 1. The monoisotopic (exact) mass is 343 g/mol. The fourth-order valence-electron chi connectivity index (χ4n) is 1.75. The van der Waals surface area contributed by atoms with Gasteiger partial charge in [-0.2, -0.15) is 0 Å². The number of halogens is 3. The Bertz CT molecular complexity index is 674. The van der Waals surface area contributed by atoms with Crippen molar-refractivity contribution in [2.24, 2.45) is 0 Å². The number of ether oxygens (including phenoxy) is 1. The molecule has 0 unspecified atom stereocenters. The lowest BCUT2D eigenvalue weighted by atomic mass is 10.2. The molecule has 0 radical (unpaired) electrons. The van der Waals surface area contributed by atoms with Gasteiger partial charge < -0.3 is 10.1 Å². The van der Waals surface area contributed by atoms with Gasteiger partial charge in [0, 0.05) is 6.54 Å². The van der Waals surface area contributed by atoms with E-state index < -0.39 is 5.97 Å². The number of hydrogen-bond donors (Lipinski definition) is 1. The second-order valence-corrected chi connectivity index (χ2v) is 5.51. The Labute approximate surface area is 137 Å². The molecule has 110 valence electrons. The van der Waals surface area contributed by atoms with Crippen LogP contribution in [0.5, 0.6) is 0 Å². The van der Waals surface area contributed by atoms with E-state index in [1.807, 2.05) is 6.07 Å². The van der Waals surface area contributed by atoms with Gasteiger partial charge in [-0.05, 0) is 35.9 Å². The maximum absolute atomic E-state index is 11.5. The molecule has 2 aromatic rings. The lowest BCUT2D eigenvalue weighted by Crippen LogP contribution is -2.04. The van der Waals surface area contributed by atoms with Gasteiger partial charge in [-0.3, -0.25) is 0 Å². The summed E-state index contributed by atoms with van der Waals surface area (Å²) in [5, 5.41) is 4.67. The standard InChI is InChI=1S/C15H12Cl3NO2/c1-21-15(20)10-3-5-12(17)14(7-10)19-8-9-2-4-11(16)13(18)6-9/h2-7,19H,8H2,1H3. The molecule has 0 amide bonds. The van der Waals surface area contributed by atoms with Crippen molar-refractivity contribution in [2.75, 3.05) is 12.4 Å². The molecule has 21 heavy (non-hydrogen) atoms. The first-order valence-electron chi connectivity index (χ1n) is 6.07. The molecule has 0 aliphatic carbocycles. The smallest absolute Gasteiger partial charge is 0.337 e. The second kappa shape index (κ2) is 7.03. The van der Waals surface area contributed by atoms with E-state index in [1.54, 1.807) is 30.3 Å². The number of anilines is 1. The SMILES string of the molecule is COC(=O)c1ccc(Cl)c(NCc2ccc(Cl)c(Cl)c2)c1. The zero-order valence-electron chi connectivity index (χ0n) is 11.1. The first kappa shape index (κ1) is 16.0. The van der Waals surface area contributed by atoms with Crippen LogP contribution in [0.25, 0.3) is 0 Å². The lowest BCUT2D eigenvalue weighted by Gasteiger charge is -2.10. The third-order valence-corrected chi connectivity index (χ3v) is 3.92. The summed E-state index contributed by atoms with van der Waals surface area (Å²) in [6, 6.07) is 10.3. The van der Waals surface area contributed by atoms with E-state index in [0.717, 1.165) is 5.56 Å². The summed E-state index contributed by atoms with van der Waals surface area (Å²) in [4.78, 5) is 11.5. The van der Waals surface area contributed by atoms with Gasteiger partial charge in [-0.25, -0.2) is 4.79 Å². The number of carbonyl (C=O) groups is 1. The number of carbonyl (C=O) groups excluding carboxylic acids is 1. The number of benzene rings is 2. The Kier molecular flexibility index (Phi) is 5.34. The van der Waals surface area contributed by atoms with E-state index in [9.17, 15) is 4.79 Å². The van der Waals surface area contributed by atoms with Crippen LogP contribution in [0.4, 0.5) is 5.69 Å². The van der Waals surface area contributed by atoms with E-state index in [4.69, 9.17) is 34.8 Å². The molecule has 3 nitrogen and oxygen atoms in total. The molecular weight excluding hydrogens is 333 g/mol. The third-order valence-electron chi connectivity index (χ3n) is 2.85. The second-order valence-electron chi connectivity index (χ2n) is 4.29. The van der Waals surface area contributed by atoms with Crippen LogP contribution in [0.1, 0.15) is 15.9 Å². The Hall–Kier alpha value is -1.42. The van der Waals surface area contributed by atoms with Crippen LogP contribution in [0.2, 0.25) is 15.1 Å². The van der Waals surface area contributed by atoms with Crippen LogP contribution >= 0.6 is 34.8 Å². The van der Waals surface area contributed by atoms with Gasteiger partial charge in [0.2, 0.25) is 0 Å². The number of nitrogens with one attached hydrogen (secondary N) is 1. The van der Waals surface area contributed by atoms with Crippen LogP contribution < -0.4 is 5.32 Å². The fraction of sp³-hybridized carbons (Fsp3) is 0.133. The maximum atomic E-state index is 11.5. The summed E-state index contributed by atoms with van der Waals surface area (Å²) in [6.45, 7) is 0.501. The Balaban J connectivity index is 2.15. The summed E-state index contributed by atoms with van der Waals surface area (Å²) in [7, 11) is 1.33. The molecule has 0 aliphatic heterocycles. The van der Waals surface area contributed by atoms with E-state index in [1.165, 1.54) is 7.11 Å². The maximum Gasteiger partial charge on any atom is 0.337 e. The van der Waals surface area contributed by atoms with Crippen LogP contribution in [0.3, 0.4) is 0 Å². The molecule has 0 aliphatic rings. The minimum Gasteiger partial charge on any atom is -0.465 e. The highest BCUT2D eigenvalue weighted by molar-refractivity contribution is 6.42. The van der Waals surface area contributed by atoms with Gasteiger partial charge in [0.25, 0.3) is 0 Å². The summed E-state index contributed by atoms with van der Waals surface area (Å²) in [5.41, 5.74) is 2.02. The van der Waals surface area contributed by atoms with Gasteiger partial charge in [0.1, 0.15) is 0 Å². The van der Waals surface area contributed by atoms with Gasteiger partial charge in [0.05, 0.1) is 33.4 Å². The molecule has 0 saturated carbocycles. The minimum absolute atomic E-state index is 0.413. The van der Waals surface area contributed by atoms with Gasteiger partial charge in [-0.15, -0.1) is 0 Å². The van der Waals surface area contributed by atoms with Crippen molar-refractivity contribution in [1.29, 1.82) is 0 Å². The normalized spacial score (nSPS) is 10.3. The predicted octanol–water partition coefficient (Wildman–Crippen LogP) is 5.05. The Morgan fingerprint density at radius 1 is 1.05 bits per heavy atom. The van der Waals surface area contributed by atoms with E-state index in [2.05, 4.69) is 10.1 Å². The molecule has 0 fully saturated rings. The molecule has 6 heteroatoms. The summed E-state index contributed by atoms with van der Waals surface area (Å²) < 4.78 is 4.68. The molecule has 0 atom stereocenters. The highest BCUT2D eigenvalue weighted by Crippen LogP contribution is 2.26.